The number of nitro benzene ring substituents is 1. The summed E-state index contributed by atoms with van der Waals surface area (Å²) in [6.07, 6.45) is 5.93. The molecule has 0 bridgehead atoms. The Labute approximate surface area is 214 Å². The minimum Gasteiger partial charge on any atom is -0.459 e. The molecule has 1 aliphatic carbocycles. The second kappa shape index (κ2) is 11.0. The van der Waals surface area contributed by atoms with E-state index < -0.39 is 16.8 Å². The second-order valence-electron chi connectivity index (χ2n) is 9.41. The number of nitrogens with one attached hydrogen (secondary N) is 1. The molecule has 7 nitrogen and oxygen atoms in total. The Hall–Kier alpha value is -3.52. The number of esters is 1. The zero-order valence-electron chi connectivity index (χ0n) is 20.7. The van der Waals surface area contributed by atoms with Gasteiger partial charge in [0.2, 0.25) is 0 Å². The van der Waals surface area contributed by atoms with Crippen molar-refractivity contribution in [2.75, 3.05) is 5.32 Å². The second-order valence-corrected chi connectivity index (χ2v) is 10.6. The van der Waals surface area contributed by atoms with Gasteiger partial charge in [-0.2, -0.15) is 0 Å². The van der Waals surface area contributed by atoms with E-state index >= 15 is 0 Å². The lowest BCUT2D eigenvalue weighted by Crippen LogP contribution is -2.17. The number of hydrogen-bond acceptors (Lipinski definition) is 6. The van der Waals surface area contributed by atoms with Gasteiger partial charge in [-0.25, -0.2) is 4.79 Å². The first kappa shape index (κ1) is 25.6. The lowest BCUT2D eigenvalue weighted by atomic mass is 9.83. The highest BCUT2D eigenvalue weighted by Crippen LogP contribution is 2.42. The van der Waals surface area contributed by atoms with Crippen LogP contribution in [0.25, 0.3) is 11.1 Å². The van der Waals surface area contributed by atoms with Crippen LogP contribution >= 0.6 is 11.3 Å². The number of thiophene rings is 1. The number of non-ortho nitro benzene ring substituents is 1. The lowest BCUT2D eigenvalue weighted by Gasteiger charge is -2.22. The van der Waals surface area contributed by atoms with Crippen molar-refractivity contribution in [2.24, 2.45) is 0 Å². The first-order chi connectivity index (χ1) is 17.2. The fourth-order valence-corrected chi connectivity index (χ4v) is 5.78. The number of aryl methyl sites for hydroxylation is 1. The Balaban J connectivity index is 1.67. The normalized spacial score (nSPS) is 14.0. The molecule has 0 radical (unpaired) electrons. The SMILES string of the molecule is Cc1sc(NC(=O)c2ccc([N+](=O)[O-])cc2)c(C(=O)OC(C)C)c1-c1ccc(C2CCCCC2)cc1. The van der Waals surface area contributed by atoms with Crippen LogP contribution in [0.3, 0.4) is 0 Å². The number of anilines is 1. The van der Waals surface area contributed by atoms with Gasteiger partial charge in [-0.05, 0) is 62.8 Å². The van der Waals surface area contributed by atoms with Gasteiger partial charge in [0.25, 0.3) is 11.6 Å². The average molecular weight is 507 g/mol. The van der Waals surface area contributed by atoms with Crippen LogP contribution in [0.5, 0.6) is 0 Å². The molecule has 1 fully saturated rings. The summed E-state index contributed by atoms with van der Waals surface area (Å²) in [5.41, 5.74) is 3.46. The molecule has 188 valence electrons. The third-order valence-corrected chi connectivity index (χ3v) is 7.50. The highest BCUT2D eigenvalue weighted by atomic mass is 32.1. The Morgan fingerprint density at radius 3 is 2.25 bits per heavy atom. The maximum absolute atomic E-state index is 13.2. The molecular formula is C28H30N2O5S. The number of amides is 1. The van der Waals surface area contributed by atoms with Crippen molar-refractivity contribution in [1.82, 2.24) is 0 Å². The molecule has 1 saturated carbocycles. The van der Waals surface area contributed by atoms with Crippen molar-refractivity contribution >= 4 is 33.9 Å². The van der Waals surface area contributed by atoms with E-state index in [1.807, 2.05) is 19.1 Å². The van der Waals surface area contributed by atoms with Crippen molar-refractivity contribution in [1.29, 1.82) is 0 Å². The molecule has 3 aromatic rings. The largest absolute Gasteiger partial charge is 0.459 e. The number of nitrogens with zero attached hydrogens (tertiary/aromatic N) is 1. The van der Waals surface area contributed by atoms with Gasteiger partial charge < -0.3 is 10.1 Å². The van der Waals surface area contributed by atoms with Gasteiger partial charge in [-0.15, -0.1) is 11.3 Å². The minimum atomic E-state index is -0.518. The standard InChI is InChI=1S/C28H30N2O5S/c1-17(2)35-28(32)25-24(21-11-9-20(10-12-21)19-7-5-4-6-8-19)18(3)36-27(25)29-26(31)22-13-15-23(16-14-22)30(33)34/h9-17,19H,4-8H2,1-3H3,(H,29,31). The molecule has 36 heavy (non-hydrogen) atoms. The molecule has 1 N–H and O–H groups in total. The Morgan fingerprint density at radius 2 is 1.67 bits per heavy atom. The number of rotatable bonds is 7. The zero-order valence-corrected chi connectivity index (χ0v) is 21.5. The van der Waals surface area contributed by atoms with E-state index in [2.05, 4.69) is 17.4 Å². The molecule has 0 unspecified atom stereocenters. The van der Waals surface area contributed by atoms with E-state index in [-0.39, 0.29) is 17.4 Å². The fraction of sp³-hybridized carbons (Fsp3) is 0.357. The number of benzene rings is 2. The molecule has 8 heteroatoms. The predicted molar refractivity (Wildman–Crippen MR) is 142 cm³/mol. The number of ether oxygens (including phenoxy) is 1. The molecule has 0 aliphatic heterocycles. The molecule has 1 aliphatic rings. The number of carbonyl (C=O) groups excluding carboxylic acids is 2. The summed E-state index contributed by atoms with van der Waals surface area (Å²) in [5, 5.41) is 14.2. The fourth-order valence-electron chi connectivity index (χ4n) is 4.72. The topological polar surface area (TPSA) is 98.5 Å². The van der Waals surface area contributed by atoms with Gasteiger partial charge in [0.15, 0.2) is 0 Å². The van der Waals surface area contributed by atoms with Gasteiger partial charge in [0, 0.05) is 28.1 Å². The summed E-state index contributed by atoms with van der Waals surface area (Å²) < 4.78 is 5.54. The van der Waals surface area contributed by atoms with Crippen molar-refractivity contribution in [3.8, 4) is 11.1 Å². The summed E-state index contributed by atoms with van der Waals surface area (Å²) in [4.78, 5) is 37.4. The van der Waals surface area contributed by atoms with Crippen LogP contribution in [0.1, 0.15) is 83.0 Å². The molecule has 1 aromatic heterocycles. The van der Waals surface area contributed by atoms with Crippen LogP contribution in [0, 0.1) is 17.0 Å². The van der Waals surface area contributed by atoms with Crippen LogP contribution in [-0.4, -0.2) is 22.9 Å². The van der Waals surface area contributed by atoms with Crippen LogP contribution < -0.4 is 5.32 Å². The van der Waals surface area contributed by atoms with Crippen LogP contribution in [0.15, 0.2) is 48.5 Å². The average Bonchev–Trinajstić information content (AvgIpc) is 3.19. The van der Waals surface area contributed by atoms with Gasteiger partial charge in [-0.3, -0.25) is 14.9 Å². The molecular weight excluding hydrogens is 476 g/mol. The van der Waals surface area contributed by atoms with E-state index in [0.29, 0.717) is 16.5 Å². The van der Waals surface area contributed by atoms with Crippen LogP contribution in [-0.2, 0) is 4.74 Å². The third kappa shape index (κ3) is 5.65. The van der Waals surface area contributed by atoms with Crippen LogP contribution in [0.4, 0.5) is 10.7 Å². The van der Waals surface area contributed by atoms with Crippen molar-refractivity contribution in [2.45, 2.75) is 64.9 Å². The van der Waals surface area contributed by atoms with Gasteiger partial charge >= 0.3 is 5.97 Å². The minimum absolute atomic E-state index is 0.0984. The van der Waals surface area contributed by atoms with E-state index in [1.54, 1.807) is 13.8 Å². The van der Waals surface area contributed by atoms with Crippen molar-refractivity contribution in [3.63, 3.8) is 0 Å². The molecule has 0 atom stereocenters. The summed E-state index contributed by atoms with van der Waals surface area (Å²) in [5.74, 6) is -0.373. The van der Waals surface area contributed by atoms with Crippen molar-refractivity contribution < 1.29 is 19.2 Å². The Bertz CT molecular complexity index is 1260. The van der Waals surface area contributed by atoms with E-state index in [0.717, 1.165) is 16.0 Å². The van der Waals surface area contributed by atoms with Crippen LogP contribution in [0.2, 0.25) is 0 Å². The molecule has 1 amide bonds. The smallest absolute Gasteiger partial charge is 0.342 e. The summed E-state index contributed by atoms with van der Waals surface area (Å²) in [7, 11) is 0. The summed E-state index contributed by atoms with van der Waals surface area (Å²) in [6, 6.07) is 13.7. The Morgan fingerprint density at radius 1 is 1.03 bits per heavy atom. The van der Waals surface area contributed by atoms with E-state index in [1.165, 1.54) is 73.3 Å². The molecule has 0 spiro atoms. The Kier molecular flexibility index (Phi) is 7.84. The number of nitro groups is 1. The predicted octanol–water partition coefficient (Wildman–Crippen LogP) is 7.50. The maximum Gasteiger partial charge on any atom is 0.342 e. The lowest BCUT2D eigenvalue weighted by molar-refractivity contribution is -0.384. The summed E-state index contributed by atoms with van der Waals surface area (Å²) >= 11 is 1.31. The third-order valence-electron chi connectivity index (χ3n) is 6.47. The quantitative estimate of drug-likeness (QED) is 0.203. The van der Waals surface area contributed by atoms with E-state index in [4.69, 9.17) is 4.74 Å². The monoisotopic (exact) mass is 506 g/mol. The molecule has 1 heterocycles. The van der Waals surface area contributed by atoms with Crippen molar-refractivity contribution in [3.05, 3.63) is 80.2 Å². The number of carbonyl (C=O) groups is 2. The van der Waals surface area contributed by atoms with Gasteiger partial charge in [-0.1, -0.05) is 43.5 Å². The maximum atomic E-state index is 13.2. The number of hydrogen-bond donors (Lipinski definition) is 1. The summed E-state index contributed by atoms with van der Waals surface area (Å²) in [6.45, 7) is 5.48. The first-order valence-electron chi connectivity index (χ1n) is 12.2. The highest BCUT2D eigenvalue weighted by Gasteiger charge is 2.27. The zero-order chi connectivity index (χ0) is 25.8. The highest BCUT2D eigenvalue weighted by molar-refractivity contribution is 7.17. The first-order valence-corrected chi connectivity index (χ1v) is 13.1. The molecule has 2 aromatic carbocycles. The van der Waals surface area contributed by atoms with Gasteiger partial charge in [0.05, 0.1) is 11.0 Å². The molecule has 4 rings (SSSR count). The molecule has 0 saturated heterocycles. The van der Waals surface area contributed by atoms with E-state index in [9.17, 15) is 19.7 Å². The van der Waals surface area contributed by atoms with Gasteiger partial charge in [0.1, 0.15) is 10.6 Å².